The summed E-state index contributed by atoms with van der Waals surface area (Å²) in [7, 11) is 2.43. The first-order chi connectivity index (χ1) is 12.8. The number of rotatable bonds is 4. The molecule has 9 heteroatoms. The average Bonchev–Trinajstić information content (AvgIpc) is 2.66. The van der Waals surface area contributed by atoms with E-state index in [9.17, 15) is 14.4 Å². The number of nitrogens with one attached hydrogen (secondary N) is 2. The number of thiocarbonyl (C=S) groups is 1. The van der Waals surface area contributed by atoms with Gasteiger partial charge in [0, 0.05) is 5.69 Å². The SMILES string of the molecule is COC(=O)c1cc(NC(=S)NC(=O)c2ccccc2Cl)cc(C(=O)OC)c1. The summed E-state index contributed by atoms with van der Waals surface area (Å²) in [4.78, 5) is 35.8. The number of hydrogen-bond acceptors (Lipinski definition) is 6. The summed E-state index contributed by atoms with van der Waals surface area (Å²) in [5.41, 5.74) is 0.774. The van der Waals surface area contributed by atoms with Crippen molar-refractivity contribution in [3.63, 3.8) is 0 Å². The second-order valence-corrected chi connectivity index (χ2v) is 5.99. The predicted molar refractivity (Wildman–Crippen MR) is 104 cm³/mol. The molecule has 0 aromatic heterocycles. The van der Waals surface area contributed by atoms with Gasteiger partial charge < -0.3 is 14.8 Å². The highest BCUT2D eigenvalue weighted by molar-refractivity contribution is 7.80. The fraction of sp³-hybridized carbons (Fsp3) is 0.111. The van der Waals surface area contributed by atoms with Crippen molar-refractivity contribution in [1.82, 2.24) is 5.32 Å². The number of halogens is 1. The van der Waals surface area contributed by atoms with Crippen LogP contribution >= 0.6 is 23.8 Å². The molecule has 0 radical (unpaired) electrons. The molecule has 2 aromatic rings. The van der Waals surface area contributed by atoms with Crippen LogP contribution in [-0.2, 0) is 9.47 Å². The lowest BCUT2D eigenvalue weighted by atomic mass is 10.1. The predicted octanol–water partition coefficient (Wildman–Crippen LogP) is 3.04. The summed E-state index contributed by atoms with van der Waals surface area (Å²) in [5.74, 6) is -1.79. The molecular formula is C18H15ClN2O5S. The van der Waals surface area contributed by atoms with Crippen molar-refractivity contribution in [2.24, 2.45) is 0 Å². The van der Waals surface area contributed by atoms with Crippen LogP contribution in [0.2, 0.25) is 5.02 Å². The number of benzene rings is 2. The van der Waals surface area contributed by atoms with E-state index < -0.39 is 17.8 Å². The van der Waals surface area contributed by atoms with Gasteiger partial charge in [-0.15, -0.1) is 0 Å². The Morgan fingerprint density at radius 3 is 2.04 bits per heavy atom. The van der Waals surface area contributed by atoms with Gasteiger partial charge in [-0.3, -0.25) is 10.1 Å². The van der Waals surface area contributed by atoms with Crippen molar-refractivity contribution in [2.45, 2.75) is 0 Å². The van der Waals surface area contributed by atoms with Gasteiger partial charge in [0.05, 0.1) is 35.9 Å². The smallest absolute Gasteiger partial charge is 0.337 e. The minimum absolute atomic E-state index is 0.0437. The molecule has 1 amide bonds. The van der Waals surface area contributed by atoms with Gasteiger partial charge in [0.25, 0.3) is 5.91 Å². The molecule has 0 spiro atoms. The maximum Gasteiger partial charge on any atom is 0.337 e. The largest absolute Gasteiger partial charge is 0.465 e. The first kappa shape index (κ1) is 20.3. The Balaban J connectivity index is 2.21. The Labute approximate surface area is 165 Å². The van der Waals surface area contributed by atoms with Gasteiger partial charge in [0.1, 0.15) is 0 Å². The van der Waals surface area contributed by atoms with Crippen LogP contribution in [0.5, 0.6) is 0 Å². The van der Waals surface area contributed by atoms with E-state index in [4.69, 9.17) is 23.8 Å². The van der Waals surface area contributed by atoms with Crippen LogP contribution in [-0.4, -0.2) is 37.2 Å². The van der Waals surface area contributed by atoms with Gasteiger partial charge in [-0.2, -0.15) is 0 Å². The summed E-state index contributed by atoms with van der Waals surface area (Å²) in [6, 6.07) is 10.7. The van der Waals surface area contributed by atoms with E-state index in [-0.39, 0.29) is 26.8 Å². The molecule has 27 heavy (non-hydrogen) atoms. The topological polar surface area (TPSA) is 93.7 Å². The number of esters is 2. The molecule has 0 bridgehead atoms. The minimum Gasteiger partial charge on any atom is -0.465 e. The summed E-state index contributed by atoms with van der Waals surface area (Å²) in [5, 5.41) is 5.45. The summed E-state index contributed by atoms with van der Waals surface area (Å²) in [6.45, 7) is 0. The van der Waals surface area contributed by atoms with E-state index in [0.29, 0.717) is 5.69 Å². The van der Waals surface area contributed by atoms with E-state index in [1.807, 2.05) is 0 Å². The van der Waals surface area contributed by atoms with Crippen LogP contribution in [0.15, 0.2) is 42.5 Å². The number of hydrogen-bond donors (Lipinski definition) is 2. The second kappa shape index (κ2) is 9.11. The molecule has 0 heterocycles. The van der Waals surface area contributed by atoms with Crippen molar-refractivity contribution < 1.29 is 23.9 Å². The van der Waals surface area contributed by atoms with Gasteiger partial charge >= 0.3 is 11.9 Å². The Hall–Kier alpha value is -2.97. The number of carbonyl (C=O) groups is 3. The lowest BCUT2D eigenvalue weighted by Gasteiger charge is -2.12. The van der Waals surface area contributed by atoms with Crippen LogP contribution in [0.25, 0.3) is 0 Å². The highest BCUT2D eigenvalue weighted by Crippen LogP contribution is 2.18. The highest BCUT2D eigenvalue weighted by atomic mass is 35.5. The van der Waals surface area contributed by atoms with Gasteiger partial charge in [0.15, 0.2) is 5.11 Å². The Kier molecular flexibility index (Phi) is 6.86. The van der Waals surface area contributed by atoms with Crippen molar-refractivity contribution in [3.05, 3.63) is 64.2 Å². The Morgan fingerprint density at radius 2 is 1.52 bits per heavy atom. The lowest BCUT2D eigenvalue weighted by Crippen LogP contribution is -2.34. The number of anilines is 1. The molecular weight excluding hydrogens is 392 g/mol. The van der Waals surface area contributed by atoms with E-state index >= 15 is 0 Å². The van der Waals surface area contributed by atoms with E-state index in [0.717, 1.165) is 0 Å². The Bertz CT molecular complexity index is 882. The molecule has 140 valence electrons. The fourth-order valence-electron chi connectivity index (χ4n) is 2.15. The molecule has 0 aliphatic heterocycles. The normalized spacial score (nSPS) is 9.89. The molecule has 0 atom stereocenters. The zero-order valence-electron chi connectivity index (χ0n) is 14.4. The third-order valence-corrected chi connectivity index (χ3v) is 3.91. The monoisotopic (exact) mass is 406 g/mol. The standard InChI is InChI=1S/C18H15ClN2O5S/c1-25-16(23)10-7-11(17(24)26-2)9-12(8-10)20-18(27)21-15(22)13-5-3-4-6-14(13)19/h3-9H,1-2H3,(H2,20,21,22,27). The zero-order chi connectivity index (χ0) is 20.0. The second-order valence-electron chi connectivity index (χ2n) is 5.17. The third kappa shape index (κ3) is 5.25. The number of ether oxygens (including phenoxy) is 2. The van der Waals surface area contributed by atoms with Crippen LogP contribution < -0.4 is 10.6 Å². The molecule has 0 fully saturated rings. The molecule has 0 saturated heterocycles. The highest BCUT2D eigenvalue weighted by Gasteiger charge is 2.16. The van der Waals surface area contributed by atoms with E-state index in [2.05, 4.69) is 20.1 Å². The first-order valence-electron chi connectivity index (χ1n) is 7.54. The number of carbonyl (C=O) groups excluding carboxylic acids is 3. The first-order valence-corrected chi connectivity index (χ1v) is 8.33. The summed E-state index contributed by atoms with van der Waals surface area (Å²) in [6.07, 6.45) is 0. The number of amides is 1. The van der Waals surface area contributed by atoms with Crippen LogP contribution in [0.3, 0.4) is 0 Å². The van der Waals surface area contributed by atoms with E-state index in [1.165, 1.54) is 32.4 Å². The molecule has 2 aromatic carbocycles. The minimum atomic E-state index is -0.644. The molecule has 2 rings (SSSR count). The van der Waals surface area contributed by atoms with Crippen molar-refractivity contribution in [2.75, 3.05) is 19.5 Å². The fourth-order valence-corrected chi connectivity index (χ4v) is 2.58. The van der Waals surface area contributed by atoms with Crippen LogP contribution in [0, 0.1) is 0 Å². The van der Waals surface area contributed by atoms with Gasteiger partial charge in [0.2, 0.25) is 0 Å². The maximum atomic E-state index is 12.2. The molecule has 7 nitrogen and oxygen atoms in total. The molecule has 0 saturated carbocycles. The number of methoxy groups -OCH3 is 2. The molecule has 0 aliphatic carbocycles. The van der Waals surface area contributed by atoms with Gasteiger partial charge in [-0.25, -0.2) is 9.59 Å². The zero-order valence-corrected chi connectivity index (χ0v) is 15.9. The van der Waals surface area contributed by atoms with Gasteiger partial charge in [-0.1, -0.05) is 23.7 Å². The van der Waals surface area contributed by atoms with E-state index in [1.54, 1.807) is 24.3 Å². The van der Waals surface area contributed by atoms with Gasteiger partial charge in [-0.05, 0) is 42.5 Å². The van der Waals surface area contributed by atoms with Crippen molar-refractivity contribution in [1.29, 1.82) is 0 Å². The van der Waals surface area contributed by atoms with Crippen molar-refractivity contribution in [3.8, 4) is 0 Å². The molecule has 0 unspecified atom stereocenters. The van der Waals surface area contributed by atoms with Crippen LogP contribution in [0.4, 0.5) is 5.69 Å². The molecule has 0 aliphatic rings. The summed E-state index contributed by atoms with van der Waals surface area (Å²) >= 11 is 11.1. The third-order valence-electron chi connectivity index (χ3n) is 3.38. The van der Waals surface area contributed by atoms with Crippen molar-refractivity contribution >= 4 is 52.5 Å². The summed E-state index contributed by atoms with van der Waals surface area (Å²) < 4.78 is 9.33. The molecule has 2 N–H and O–H groups in total. The average molecular weight is 407 g/mol. The Morgan fingerprint density at radius 1 is 0.963 bits per heavy atom. The lowest BCUT2D eigenvalue weighted by molar-refractivity contribution is 0.0599. The van der Waals surface area contributed by atoms with Crippen LogP contribution in [0.1, 0.15) is 31.1 Å². The maximum absolute atomic E-state index is 12.2. The quantitative estimate of drug-likeness (QED) is 0.595.